The van der Waals surface area contributed by atoms with Crippen LogP contribution in [0, 0.1) is 0 Å². The van der Waals surface area contributed by atoms with E-state index in [2.05, 4.69) is 21.2 Å². The lowest BCUT2D eigenvalue weighted by atomic mass is 10.2. The summed E-state index contributed by atoms with van der Waals surface area (Å²) in [4.78, 5) is 0. The first kappa shape index (κ1) is 20.6. The van der Waals surface area contributed by atoms with Crippen molar-refractivity contribution in [3.63, 3.8) is 0 Å². The van der Waals surface area contributed by atoms with E-state index in [1.54, 1.807) is 31.4 Å². The molecule has 0 amide bonds. The van der Waals surface area contributed by atoms with Crippen molar-refractivity contribution in [1.82, 2.24) is 0 Å². The molecule has 3 rings (SSSR count). The molecule has 2 N–H and O–H groups in total. The molecule has 0 atom stereocenters. The second-order valence-corrected chi connectivity index (χ2v) is 7.72. The van der Waals surface area contributed by atoms with Gasteiger partial charge in [-0.3, -0.25) is 0 Å². The average Bonchev–Trinajstić information content (AvgIpc) is 2.68. The van der Waals surface area contributed by atoms with Crippen LogP contribution in [0.5, 0.6) is 17.2 Å². The lowest BCUT2D eigenvalue weighted by Gasteiger charge is -2.15. The fourth-order valence-electron chi connectivity index (χ4n) is 2.56. The Labute approximate surface area is 182 Å². The number of hydrogen-bond donors (Lipinski definition) is 2. The maximum Gasteiger partial charge on any atom is 0.162 e. The van der Waals surface area contributed by atoms with Crippen molar-refractivity contribution in [3.05, 3.63) is 80.2 Å². The molecule has 0 aliphatic rings. The van der Waals surface area contributed by atoms with Crippen LogP contribution in [0.25, 0.3) is 0 Å². The Morgan fingerprint density at radius 2 is 1.71 bits per heavy atom. The van der Waals surface area contributed by atoms with E-state index in [-0.39, 0.29) is 5.75 Å². The first-order chi connectivity index (χ1) is 13.5. The molecule has 0 saturated heterocycles. The summed E-state index contributed by atoms with van der Waals surface area (Å²) in [6.07, 6.45) is 0. The molecule has 3 aromatic carbocycles. The first-order valence-electron chi connectivity index (χ1n) is 8.42. The molecule has 4 nitrogen and oxygen atoms in total. The molecule has 0 radical (unpaired) electrons. The third-order valence-corrected chi connectivity index (χ3v) is 5.41. The van der Waals surface area contributed by atoms with Gasteiger partial charge in [0.2, 0.25) is 0 Å². The second kappa shape index (κ2) is 9.41. The highest BCUT2D eigenvalue weighted by molar-refractivity contribution is 9.10. The molecule has 146 valence electrons. The summed E-state index contributed by atoms with van der Waals surface area (Å²) in [6, 6.07) is 16.0. The number of hydrogen-bond acceptors (Lipinski definition) is 4. The number of nitrogens with one attached hydrogen (secondary N) is 1. The van der Waals surface area contributed by atoms with Gasteiger partial charge in [0.1, 0.15) is 12.4 Å². The van der Waals surface area contributed by atoms with Gasteiger partial charge in [0.05, 0.1) is 7.11 Å². The molecule has 0 fully saturated rings. The lowest BCUT2D eigenvalue weighted by Crippen LogP contribution is -2.03. The van der Waals surface area contributed by atoms with Crippen molar-refractivity contribution in [2.75, 3.05) is 12.4 Å². The predicted molar refractivity (Wildman–Crippen MR) is 117 cm³/mol. The summed E-state index contributed by atoms with van der Waals surface area (Å²) < 4.78 is 12.3. The topological polar surface area (TPSA) is 50.7 Å². The quantitative estimate of drug-likeness (QED) is 0.369. The summed E-state index contributed by atoms with van der Waals surface area (Å²) in [5.41, 5.74) is 2.74. The number of ether oxygens (including phenoxy) is 2. The van der Waals surface area contributed by atoms with E-state index in [9.17, 15) is 5.11 Å². The van der Waals surface area contributed by atoms with Crippen molar-refractivity contribution in [3.8, 4) is 17.2 Å². The van der Waals surface area contributed by atoms with Crippen molar-refractivity contribution in [2.45, 2.75) is 13.2 Å². The Balaban J connectivity index is 1.72. The van der Waals surface area contributed by atoms with Crippen LogP contribution in [0.1, 0.15) is 11.1 Å². The van der Waals surface area contributed by atoms with Crippen molar-refractivity contribution < 1.29 is 14.6 Å². The standard InChI is InChI=1S/C21H18BrCl2NO3/c1-27-20-8-14(11-25-16-4-6-17(26)7-5-16)18(22)10-21(20)28-12-13-2-3-15(23)9-19(13)24/h2-10,25-26H,11-12H2,1H3. The zero-order valence-electron chi connectivity index (χ0n) is 15.0. The maximum atomic E-state index is 9.37. The zero-order valence-corrected chi connectivity index (χ0v) is 18.1. The summed E-state index contributed by atoms with van der Waals surface area (Å²) >= 11 is 15.7. The minimum atomic E-state index is 0.232. The Hall–Kier alpha value is -2.08. The van der Waals surface area contributed by atoms with E-state index >= 15 is 0 Å². The Morgan fingerprint density at radius 1 is 0.964 bits per heavy atom. The summed E-state index contributed by atoms with van der Waals surface area (Å²) in [5.74, 6) is 1.46. The van der Waals surface area contributed by atoms with E-state index in [0.717, 1.165) is 21.3 Å². The van der Waals surface area contributed by atoms with Crippen molar-refractivity contribution in [2.24, 2.45) is 0 Å². The average molecular weight is 483 g/mol. The zero-order chi connectivity index (χ0) is 20.1. The summed E-state index contributed by atoms with van der Waals surface area (Å²) in [6.45, 7) is 0.870. The molecular formula is C21H18BrCl2NO3. The lowest BCUT2D eigenvalue weighted by molar-refractivity contribution is 0.284. The van der Waals surface area contributed by atoms with Crippen LogP contribution in [0.3, 0.4) is 0 Å². The van der Waals surface area contributed by atoms with Gasteiger partial charge >= 0.3 is 0 Å². The number of aromatic hydroxyl groups is 1. The number of phenols is 1. The van der Waals surface area contributed by atoms with Crippen LogP contribution in [0.4, 0.5) is 5.69 Å². The molecule has 0 spiro atoms. The van der Waals surface area contributed by atoms with Crippen LogP contribution in [-0.2, 0) is 13.2 Å². The number of halogens is 3. The van der Waals surface area contributed by atoms with E-state index in [0.29, 0.717) is 34.7 Å². The van der Waals surface area contributed by atoms with Crippen LogP contribution < -0.4 is 14.8 Å². The first-order valence-corrected chi connectivity index (χ1v) is 9.97. The molecular weight excluding hydrogens is 465 g/mol. The Morgan fingerprint density at radius 3 is 2.39 bits per heavy atom. The van der Waals surface area contributed by atoms with Gasteiger partial charge < -0.3 is 19.9 Å². The SMILES string of the molecule is COc1cc(CNc2ccc(O)cc2)c(Br)cc1OCc1ccc(Cl)cc1Cl. The highest BCUT2D eigenvalue weighted by Gasteiger charge is 2.12. The van der Waals surface area contributed by atoms with Gasteiger partial charge in [0, 0.05) is 32.3 Å². The van der Waals surface area contributed by atoms with Crippen LogP contribution in [-0.4, -0.2) is 12.2 Å². The fourth-order valence-corrected chi connectivity index (χ4v) is 3.48. The van der Waals surface area contributed by atoms with Crippen LogP contribution in [0.2, 0.25) is 10.0 Å². The Bertz CT molecular complexity index is 965. The minimum absolute atomic E-state index is 0.232. The van der Waals surface area contributed by atoms with Gasteiger partial charge in [-0.15, -0.1) is 0 Å². The molecule has 0 saturated carbocycles. The molecule has 3 aromatic rings. The molecule has 0 aromatic heterocycles. The highest BCUT2D eigenvalue weighted by Crippen LogP contribution is 2.35. The van der Waals surface area contributed by atoms with Gasteiger partial charge in [-0.2, -0.15) is 0 Å². The smallest absolute Gasteiger partial charge is 0.162 e. The van der Waals surface area contributed by atoms with E-state index in [1.165, 1.54) is 0 Å². The minimum Gasteiger partial charge on any atom is -0.508 e. The van der Waals surface area contributed by atoms with E-state index in [4.69, 9.17) is 32.7 Å². The largest absolute Gasteiger partial charge is 0.508 e. The van der Waals surface area contributed by atoms with Crippen molar-refractivity contribution >= 4 is 44.8 Å². The van der Waals surface area contributed by atoms with Gasteiger partial charge in [-0.05, 0) is 54.1 Å². The monoisotopic (exact) mass is 481 g/mol. The van der Waals surface area contributed by atoms with E-state index in [1.807, 2.05) is 30.3 Å². The molecule has 0 bridgehead atoms. The molecule has 0 unspecified atom stereocenters. The van der Waals surface area contributed by atoms with Crippen molar-refractivity contribution in [1.29, 1.82) is 0 Å². The number of methoxy groups -OCH3 is 1. The molecule has 7 heteroatoms. The van der Waals surface area contributed by atoms with Gasteiger partial charge in [0.15, 0.2) is 11.5 Å². The van der Waals surface area contributed by atoms with Gasteiger partial charge in [-0.25, -0.2) is 0 Å². The van der Waals surface area contributed by atoms with Crippen LogP contribution in [0.15, 0.2) is 59.1 Å². The van der Waals surface area contributed by atoms with Gasteiger partial charge in [-0.1, -0.05) is 45.2 Å². The molecule has 0 aliphatic carbocycles. The highest BCUT2D eigenvalue weighted by atomic mass is 79.9. The fraction of sp³-hybridized carbons (Fsp3) is 0.143. The second-order valence-electron chi connectivity index (χ2n) is 6.02. The van der Waals surface area contributed by atoms with E-state index < -0.39 is 0 Å². The summed E-state index contributed by atoms with van der Waals surface area (Å²) in [5, 5.41) is 13.8. The van der Waals surface area contributed by atoms with Gasteiger partial charge in [0.25, 0.3) is 0 Å². The maximum absolute atomic E-state index is 9.37. The molecule has 28 heavy (non-hydrogen) atoms. The number of phenolic OH excluding ortho intramolecular Hbond substituents is 1. The number of benzene rings is 3. The normalized spacial score (nSPS) is 10.6. The Kier molecular flexibility index (Phi) is 6.94. The molecule has 0 aliphatic heterocycles. The third kappa shape index (κ3) is 5.25. The molecule has 0 heterocycles. The number of rotatable bonds is 7. The third-order valence-electron chi connectivity index (χ3n) is 4.08. The number of anilines is 1. The predicted octanol–water partition coefficient (Wildman–Crippen LogP) is 6.66. The summed E-state index contributed by atoms with van der Waals surface area (Å²) in [7, 11) is 1.60. The van der Waals surface area contributed by atoms with Crippen LogP contribution >= 0.6 is 39.1 Å².